The van der Waals surface area contributed by atoms with E-state index in [4.69, 9.17) is 10.8 Å². The largest absolute Gasteiger partial charge is 0.480 e. The fourth-order valence-corrected chi connectivity index (χ4v) is 1.72. The molecule has 4 N–H and O–H groups in total. The second kappa shape index (κ2) is 7.53. The van der Waals surface area contributed by atoms with Crippen LogP contribution < -0.4 is 11.1 Å². The molecule has 0 aromatic heterocycles. The Balaban J connectivity index is 2.42. The fourth-order valence-electron chi connectivity index (χ4n) is 1.72. The summed E-state index contributed by atoms with van der Waals surface area (Å²) in [5, 5.41) is 11.3. The summed E-state index contributed by atoms with van der Waals surface area (Å²) in [6.07, 6.45) is 1.53. The van der Waals surface area contributed by atoms with Gasteiger partial charge in [0.05, 0.1) is 6.04 Å². The number of carboxylic acid groups (broad SMARTS) is 1. The molecule has 0 saturated carbocycles. The number of aryl methyl sites for hydroxylation is 1. The van der Waals surface area contributed by atoms with Gasteiger partial charge in [-0.1, -0.05) is 37.3 Å². The number of carbonyl (C=O) groups is 2. The average Bonchev–Trinajstić information content (AvgIpc) is 2.42. The Morgan fingerprint density at radius 2 is 1.95 bits per heavy atom. The molecule has 0 radical (unpaired) electrons. The van der Waals surface area contributed by atoms with Crippen molar-refractivity contribution in [3.63, 3.8) is 0 Å². The quantitative estimate of drug-likeness (QED) is 0.683. The van der Waals surface area contributed by atoms with Crippen LogP contribution in [0.2, 0.25) is 0 Å². The summed E-state index contributed by atoms with van der Waals surface area (Å²) in [6.45, 7) is 1.70. The van der Waals surface area contributed by atoms with Gasteiger partial charge < -0.3 is 16.2 Å². The summed E-state index contributed by atoms with van der Waals surface area (Å²) in [5.41, 5.74) is 6.87. The molecule has 5 heteroatoms. The van der Waals surface area contributed by atoms with Crippen molar-refractivity contribution < 1.29 is 14.7 Å². The Kier molecular flexibility index (Phi) is 6.02. The normalized spacial score (nSPS) is 13.6. The molecule has 104 valence electrons. The van der Waals surface area contributed by atoms with E-state index >= 15 is 0 Å². The molecular formula is C14H20N2O3. The highest BCUT2D eigenvalue weighted by Gasteiger charge is 2.21. The van der Waals surface area contributed by atoms with Gasteiger partial charge in [0.1, 0.15) is 6.04 Å². The molecule has 1 amide bonds. The Bertz CT molecular complexity index is 420. The Morgan fingerprint density at radius 3 is 2.47 bits per heavy atom. The number of hydrogen-bond acceptors (Lipinski definition) is 3. The van der Waals surface area contributed by atoms with E-state index in [0.29, 0.717) is 19.3 Å². The average molecular weight is 264 g/mol. The van der Waals surface area contributed by atoms with E-state index in [1.807, 2.05) is 30.3 Å². The van der Waals surface area contributed by atoms with E-state index < -0.39 is 24.0 Å². The highest BCUT2D eigenvalue weighted by atomic mass is 16.4. The van der Waals surface area contributed by atoms with Crippen LogP contribution in [-0.2, 0) is 16.0 Å². The number of amides is 1. The van der Waals surface area contributed by atoms with E-state index in [9.17, 15) is 9.59 Å². The van der Waals surface area contributed by atoms with Gasteiger partial charge in [-0.2, -0.15) is 0 Å². The van der Waals surface area contributed by atoms with Gasteiger partial charge in [0.25, 0.3) is 0 Å². The van der Waals surface area contributed by atoms with Crippen LogP contribution in [-0.4, -0.2) is 29.1 Å². The molecular weight excluding hydrogens is 244 g/mol. The molecule has 0 spiro atoms. The van der Waals surface area contributed by atoms with Crippen LogP contribution >= 0.6 is 0 Å². The maximum atomic E-state index is 11.7. The van der Waals surface area contributed by atoms with Gasteiger partial charge in [0, 0.05) is 0 Å². The number of carboxylic acids is 1. The molecule has 1 aromatic rings. The first-order chi connectivity index (χ1) is 9.04. The maximum absolute atomic E-state index is 11.7. The minimum atomic E-state index is -1.04. The van der Waals surface area contributed by atoms with Crippen LogP contribution in [0.4, 0.5) is 0 Å². The van der Waals surface area contributed by atoms with Crippen molar-refractivity contribution in [2.75, 3.05) is 0 Å². The molecule has 0 heterocycles. The van der Waals surface area contributed by atoms with Crippen LogP contribution in [0, 0.1) is 0 Å². The van der Waals surface area contributed by atoms with Gasteiger partial charge in [-0.05, 0) is 24.8 Å². The van der Waals surface area contributed by atoms with Crippen LogP contribution in [0.25, 0.3) is 0 Å². The summed E-state index contributed by atoms with van der Waals surface area (Å²) < 4.78 is 0. The molecule has 2 atom stereocenters. The van der Waals surface area contributed by atoms with E-state index in [0.717, 1.165) is 5.56 Å². The third-order valence-corrected chi connectivity index (χ3v) is 2.95. The molecule has 0 aliphatic rings. The highest BCUT2D eigenvalue weighted by molar-refractivity contribution is 5.86. The first-order valence-electron chi connectivity index (χ1n) is 6.37. The van der Waals surface area contributed by atoms with Crippen LogP contribution in [0.3, 0.4) is 0 Å². The van der Waals surface area contributed by atoms with Crippen molar-refractivity contribution >= 4 is 11.9 Å². The Hall–Kier alpha value is -1.88. The van der Waals surface area contributed by atoms with Crippen LogP contribution in [0.1, 0.15) is 25.3 Å². The van der Waals surface area contributed by atoms with Crippen molar-refractivity contribution in [2.45, 2.75) is 38.3 Å². The monoisotopic (exact) mass is 264 g/mol. The van der Waals surface area contributed by atoms with Crippen LogP contribution in [0.15, 0.2) is 30.3 Å². The second-order valence-corrected chi connectivity index (χ2v) is 4.44. The smallest absolute Gasteiger partial charge is 0.326 e. The number of carbonyl (C=O) groups excluding carboxylic acids is 1. The first kappa shape index (κ1) is 15.2. The standard InChI is InChI=1S/C14H20N2O3/c1-2-12(14(18)19)16-13(17)11(15)9-8-10-6-4-3-5-7-10/h3-7,11-12H,2,8-9,15H2,1H3,(H,16,17)(H,18,19)/t11?,12-/m0/s1. The summed E-state index contributed by atoms with van der Waals surface area (Å²) in [5.74, 6) is -1.45. The van der Waals surface area contributed by atoms with E-state index in [1.165, 1.54) is 0 Å². The van der Waals surface area contributed by atoms with Crippen molar-refractivity contribution in [1.82, 2.24) is 5.32 Å². The zero-order valence-corrected chi connectivity index (χ0v) is 11.0. The lowest BCUT2D eigenvalue weighted by Gasteiger charge is -2.16. The van der Waals surface area contributed by atoms with Crippen molar-refractivity contribution in [1.29, 1.82) is 0 Å². The van der Waals surface area contributed by atoms with Crippen LogP contribution in [0.5, 0.6) is 0 Å². The van der Waals surface area contributed by atoms with E-state index in [-0.39, 0.29) is 0 Å². The number of nitrogens with two attached hydrogens (primary N) is 1. The van der Waals surface area contributed by atoms with Crippen molar-refractivity contribution in [3.8, 4) is 0 Å². The van der Waals surface area contributed by atoms with Gasteiger partial charge in [0.15, 0.2) is 0 Å². The molecule has 1 rings (SSSR count). The van der Waals surface area contributed by atoms with Gasteiger partial charge in [-0.25, -0.2) is 4.79 Å². The summed E-state index contributed by atoms with van der Waals surface area (Å²) in [4.78, 5) is 22.6. The van der Waals surface area contributed by atoms with Gasteiger partial charge in [-0.3, -0.25) is 4.79 Å². The molecule has 0 fully saturated rings. The minimum absolute atomic E-state index is 0.340. The number of hydrogen-bond donors (Lipinski definition) is 3. The number of nitrogens with one attached hydrogen (secondary N) is 1. The molecule has 0 aliphatic carbocycles. The predicted octanol–water partition coefficient (Wildman–Crippen LogP) is 0.926. The van der Waals surface area contributed by atoms with Gasteiger partial charge in [-0.15, -0.1) is 0 Å². The lowest BCUT2D eigenvalue weighted by Crippen LogP contribution is -2.48. The predicted molar refractivity (Wildman–Crippen MR) is 72.6 cm³/mol. The maximum Gasteiger partial charge on any atom is 0.326 e. The van der Waals surface area contributed by atoms with Crippen molar-refractivity contribution in [2.24, 2.45) is 5.73 Å². The first-order valence-corrected chi connectivity index (χ1v) is 6.37. The fraction of sp³-hybridized carbons (Fsp3) is 0.429. The zero-order chi connectivity index (χ0) is 14.3. The lowest BCUT2D eigenvalue weighted by molar-refractivity contribution is -0.142. The molecule has 0 bridgehead atoms. The summed E-state index contributed by atoms with van der Waals surface area (Å²) in [6, 6.07) is 8.17. The second-order valence-electron chi connectivity index (χ2n) is 4.44. The Morgan fingerprint density at radius 1 is 1.32 bits per heavy atom. The Labute approximate surface area is 112 Å². The minimum Gasteiger partial charge on any atom is -0.480 e. The molecule has 1 unspecified atom stereocenters. The van der Waals surface area contributed by atoms with Gasteiger partial charge in [0.2, 0.25) is 5.91 Å². The third kappa shape index (κ3) is 5.09. The number of benzene rings is 1. The highest BCUT2D eigenvalue weighted by Crippen LogP contribution is 2.04. The topological polar surface area (TPSA) is 92.4 Å². The summed E-state index contributed by atoms with van der Waals surface area (Å²) >= 11 is 0. The van der Waals surface area contributed by atoms with Gasteiger partial charge >= 0.3 is 5.97 Å². The molecule has 5 nitrogen and oxygen atoms in total. The molecule has 19 heavy (non-hydrogen) atoms. The molecule has 1 aromatic carbocycles. The number of rotatable bonds is 7. The van der Waals surface area contributed by atoms with E-state index in [1.54, 1.807) is 6.92 Å². The number of aliphatic carboxylic acids is 1. The lowest BCUT2D eigenvalue weighted by atomic mass is 10.0. The third-order valence-electron chi connectivity index (χ3n) is 2.95. The molecule has 0 saturated heterocycles. The molecule has 0 aliphatic heterocycles. The van der Waals surface area contributed by atoms with E-state index in [2.05, 4.69) is 5.32 Å². The SMILES string of the molecule is CC[C@H](NC(=O)C(N)CCc1ccccc1)C(=O)O. The zero-order valence-electron chi connectivity index (χ0n) is 11.0. The summed E-state index contributed by atoms with van der Waals surface area (Å²) in [7, 11) is 0. The van der Waals surface area contributed by atoms with Crippen molar-refractivity contribution in [3.05, 3.63) is 35.9 Å².